The van der Waals surface area contributed by atoms with Crippen molar-refractivity contribution in [3.05, 3.63) is 46.4 Å². The van der Waals surface area contributed by atoms with Crippen LogP contribution in [0.4, 0.5) is 5.69 Å². The Labute approximate surface area is 127 Å². The summed E-state index contributed by atoms with van der Waals surface area (Å²) in [6.45, 7) is 4.07. The second-order valence-corrected chi connectivity index (χ2v) is 5.62. The first-order chi connectivity index (χ1) is 10.1. The highest BCUT2D eigenvalue weighted by Gasteiger charge is 2.09. The molecule has 2 N–H and O–H groups in total. The normalized spacial score (nSPS) is 10.4. The fourth-order valence-electron chi connectivity index (χ4n) is 1.64. The van der Waals surface area contributed by atoms with Crippen LogP contribution in [0.15, 0.2) is 35.2 Å². The number of thiazole rings is 1. The molecule has 0 bridgehead atoms. The highest BCUT2D eigenvalue weighted by Crippen LogP contribution is 2.12. The molecule has 0 aliphatic rings. The maximum Gasteiger partial charge on any atom is 0.271 e. The van der Waals surface area contributed by atoms with Gasteiger partial charge in [-0.05, 0) is 17.7 Å². The molecule has 21 heavy (non-hydrogen) atoms. The third kappa shape index (κ3) is 4.39. The van der Waals surface area contributed by atoms with Crippen molar-refractivity contribution in [3.63, 3.8) is 0 Å². The molecule has 0 radical (unpaired) electrons. The van der Waals surface area contributed by atoms with Gasteiger partial charge in [0.15, 0.2) is 0 Å². The van der Waals surface area contributed by atoms with Crippen molar-refractivity contribution in [3.8, 4) is 0 Å². The van der Waals surface area contributed by atoms with Crippen LogP contribution in [0.3, 0.4) is 0 Å². The molecule has 1 heterocycles. The number of carbonyl (C=O) groups is 2. The molecule has 1 aromatic heterocycles. The Morgan fingerprint density at radius 2 is 2.14 bits per heavy atom. The van der Waals surface area contributed by atoms with Crippen LogP contribution in [-0.2, 0) is 11.3 Å². The number of rotatable bonds is 5. The second-order valence-electron chi connectivity index (χ2n) is 4.90. The lowest BCUT2D eigenvalue weighted by atomic mass is 10.1. The largest absolute Gasteiger partial charge is 0.347 e. The smallest absolute Gasteiger partial charge is 0.271 e. The number of aromatic nitrogens is 1. The first-order valence-corrected chi connectivity index (χ1v) is 7.56. The van der Waals surface area contributed by atoms with Gasteiger partial charge in [0.2, 0.25) is 5.91 Å². The van der Waals surface area contributed by atoms with Crippen LogP contribution in [0.5, 0.6) is 0 Å². The summed E-state index contributed by atoms with van der Waals surface area (Å²) in [5, 5.41) is 7.33. The summed E-state index contributed by atoms with van der Waals surface area (Å²) in [5.74, 6) is -0.301. The summed E-state index contributed by atoms with van der Waals surface area (Å²) < 4.78 is 0. The van der Waals surface area contributed by atoms with E-state index >= 15 is 0 Å². The molecule has 2 rings (SSSR count). The number of nitrogens with one attached hydrogen (secondary N) is 2. The molecule has 5 nitrogen and oxygen atoms in total. The van der Waals surface area contributed by atoms with Crippen LogP contribution in [-0.4, -0.2) is 16.8 Å². The van der Waals surface area contributed by atoms with E-state index in [1.54, 1.807) is 10.9 Å². The van der Waals surface area contributed by atoms with Gasteiger partial charge in [0.25, 0.3) is 5.91 Å². The standard InChI is InChI=1S/C15H17N3O2S/c1-10(2)14(19)18-12-5-3-4-11(6-12)7-16-15(20)13-8-21-9-17-13/h3-6,8-10H,7H2,1-2H3,(H,16,20)(H,18,19). The van der Waals surface area contributed by atoms with E-state index in [-0.39, 0.29) is 17.7 Å². The summed E-state index contributed by atoms with van der Waals surface area (Å²) in [5.41, 5.74) is 3.69. The molecule has 0 aliphatic heterocycles. The Bertz CT molecular complexity index is 624. The lowest BCUT2D eigenvalue weighted by Crippen LogP contribution is -2.23. The van der Waals surface area contributed by atoms with E-state index in [0.29, 0.717) is 12.2 Å². The molecule has 0 spiro atoms. The molecule has 0 saturated heterocycles. The van der Waals surface area contributed by atoms with Crippen molar-refractivity contribution < 1.29 is 9.59 Å². The number of anilines is 1. The number of hydrogen-bond donors (Lipinski definition) is 2. The SMILES string of the molecule is CC(C)C(=O)Nc1cccc(CNC(=O)c2cscn2)c1. The minimum atomic E-state index is -0.201. The van der Waals surface area contributed by atoms with E-state index in [9.17, 15) is 9.59 Å². The summed E-state index contributed by atoms with van der Waals surface area (Å²) in [7, 11) is 0. The van der Waals surface area contributed by atoms with Crippen molar-refractivity contribution in [2.75, 3.05) is 5.32 Å². The molecule has 0 aliphatic carbocycles. The summed E-state index contributed by atoms with van der Waals surface area (Å²) in [6.07, 6.45) is 0. The molecule has 0 saturated carbocycles. The number of benzene rings is 1. The van der Waals surface area contributed by atoms with Crippen LogP contribution >= 0.6 is 11.3 Å². The predicted octanol–water partition coefficient (Wildman–Crippen LogP) is 2.67. The van der Waals surface area contributed by atoms with Gasteiger partial charge in [-0.1, -0.05) is 26.0 Å². The first-order valence-electron chi connectivity index (χ1n) is 6.62. The molecule has 2 amide bonds. The Hall–Kier alpha value is -2.21. The van der Waals surface area contributed by atoms with Crippen LogP contribution in [0.25, 0.3) is 0 Å². The minimum Gasteiger partial charge on any atom is -0.347 e. The highest BCUT2D eigenvalue weighted by molar-refractivity contribution is 7.07. The zero-order valence-corrected chi connectivity index (χ0v) is 12.7. The maximum absolute atomic E-state index is 11.8. The average Bonchev–Trinajstić information content (AvgIpc) is 2.99. The zero-order valence-electron chi connectivity index (χ0n) is 11.9. The molecule has 0 unspecified atom stereocenters. The quantitative estimate of drug-likeness (QED) is 0.892. The molecule has 110 valence electrons. The van der Waals surface area contributed by atoms with E-state index in [0.717, 1.165) is 11.3 Å². The molecule has 1 aromatic carbocycles. The lowest BCUT2D eigenvalue weighted by Gasteiger charge is -2.09. The van der Waals surface area contributed by atoms with Gasteiger partial charge in [-0.2, -0.15) is 0 Å². The Balaban J connectivity index is 1.95. The Morgan fingerprint density at radius 3 is 2.81 bits per heavy atom. The fraction of sp³-hybridized carbons (Fsp3) is 0.267. The van der Waals surface area contributed by atoms with Gasteiger partial charge in [-0.15, -0.1) is 11.3 Å². The van der Waals surface area contributed by atoms with E-state index in [2.05, 4.69) is 15.6 Å². The predicted molar refractivity (Wildman–Crippen MR) is 83.2 cm³/mol. The van der Waals surface area contributed by atoms with Gasteiger partial charge in [-0.3, -0.25) is 9.59 Å². The molecule has 0 atom stereocenters. The topological polar surface area (TPSA) is 71.1 Å². The molecular formula is C15H17N3O2S. The van der Waals surface area contributed by atoms with E-state index in [4.69, 9.17) is 0 Å². The van der Waals surface area contributed by atoms with Crippen molar-refractivity contribution >= 4 is 28.8 Å². The van der Waals surface area contributed by atoms with Gasteiger partial charge >= 0.3 is 0 Å². The van der Waals surface area contributed by atoms with Crippen LogP contribution in [0.2, 0.25) is 0 Å². The van der Waals surface area contributed by atoms with Crippen molar-refractivity contribution in [1.82, 2.24) is 10.3 Å². The number of amides is 2. The number of nitrogens with zero attached hydrogens (tertiary/aromatic N) is 1. The average molecular weight is 303 g/mol. The number of carbonyl (C=O) groups excluding carboxylic acids is 2. The molecule has 2 aromatic rings. The van der Waals surface area contributed by atoms with Crippen molar-refractivity contribution in [2.45, 2.75) is 20.4 Å². The third-order valence-corrected chi connectivity index (χ3v) is 3.42. The Morgan fingerprint density at radius 1 is 1.33 bits per heavy atom. The summed E-state index contributed by atoms with van der Waals surface area (Å²) >= 11 is 1.38. The van der Waals surface area contributed by atoms with Gasteiger partial charge < -0.3 is 10.6 Å². The summed E-state index contributed by atoms with van der Waals surface area (Å²) in [6, 6.07) is 7.42. The maximum atomic E-state index is 11.8. The highest BCUT2D eigenvalue weighted by atomic mass is 32.1. The minimum absolute atomic E-state index is 0.0290. The van der Waals surface area contributed by atoms with E-state index in [1.165, 1.54) is 11.3 Å². The fourth-order valence-corrected chi connectivity index (χ4v) is 2.18. The van der Waals surface area contributed by atoms with Gasteiger partial charge in [0.05, 0.1) is 5.51 Å². The Kier molecular flexibility index (Phi) is 5.05. The van der Waals surface area contributed by atoms with E-state index in [1.807, 2.05) is 38.1 Å². The molecule has 0 fully saturated rings. The first kappa shape index (κ1) is 15.2. The molecular weight excluding hydrogens is 286 g/mol. The van der Waals surface area contributed by atoms with Crippen LogP contribution in [0.1, 0.15) is 29.9 Å². The van der Waals surface area contributed by atoms with Crippen molar-refractivity contribution in [1.29, 1.82) is 0 Å². The molecule has 6 heteroatoms. The van der Waals surface area contributed by atoms with Gasteiger partial charge in [0.1, 0.15) is 5.69 Å². The van der Waals surface area contributed by atoms with Crippen molar-refractivity contribution in [2.24, 2.45) is 5.92 Å². The van der Waals surface area contributed by atoms with Gasteiger partial charge in [0, 0.05) is 23.5 Å². The second kappa shape index (κ2) is 6.99. The van der Waals surface area contributed by atoms with Crippen LogP contribution in [0, 0.1) is 5.92 Å². The monoisotopic (exact) mass is 303 g/mol. The number of hydrogen-bond acceptors (Lipinski definition) is 4. The van der Waals surface area contributed by atoms with Gasteiger partial charge in [-0.25, -0.2) is 4.98 Å². The van der Waals surface area contributed by atoms with Crippen LogP contribution < -0.4 is 10.6 Å². The lowest BCUT2D eigenvalue weighted by molar-refractivity contribution is -0.118. The third-order valence-electron chi connectivity index (χ3n) is 2.84. The zero-order chi connectivity index (χ0) is 15.2. The van der Waals surface area contributed by atoms with E-state index < -0.39 is 0 Å². The summed E-state index contributed by atoms with van der Waals surface area (Å²) in [4.78, 5) is 27.4.